The second-order valence-electron chi connectivity index (χ2n) is 7.93. The summed E-state index contributed by atoms with van der Waals surface area (Å²) in [6.07, 6.45) is 3.52. The number of phenolic OH excluding ortho intramolecular Hbond substituents is 2. The average molecular weight is 434 g/mol. The molecule has 5 aromatic rings. The van der Waals surface area contributed by atoms with Crippen LogP contribution >= 0.6 is 0 Å². The van der Waals surface area contributed by atoms with Gasteiger partial charge in [-0.25, -0.2) is 9.36 Å². The van der Waals surface area contributed by atoms with Crippen LogP contribution in [0.5, 0.6) is 34.5 Å². The third-order valence-electron chi connectivity index (χ3n) is 5.97. The molecule has 0 unspecified atom stereocenters. The van der Waals surface area contributed by atoms with Gasteiger partial charge in [-0.15, -0.1) is 0 Å². The Morgan fingerprint density at radius 2 is 1.09 bits per heavy atom. The highest BCUT2D eigenvalue weighted by molar-refractivity contribution is 6.97. The van der Waals surface area contributed by atoms with Crippen molar-refractivity contribution in [2.45, 2.75) is 0 Å². The lowest BCUT2D eigenvalue weighted by Gasteiger charge is -2.27. The first-order valence-electron chi connectivity index (χ1n) is 10.4. The van der Waals surface area contributed by atoms with Crippen LogP contribution in [0.3, 0.4) is 0 Å². The highest BCUT2D eigenvalue weighted by atomic mass is 16.5. The largest absolute Gasteiger partial charge is 0.506 e. The molecule has 9 heteroatoms. The fourth-order valence-electron chi connectivity index (χ4n) is 4.49. The smallest absolute Gasteiger partial charge is 0.312 e. The van der Waals surface area contributed by atoms with E-state index < -0.39 is 0 Å². The first kappa shape index (κ1) is 18.0. The predicted molar refractivity (Wildman–Crippen MR) is 122 cm³/mol. The Hall–Kier alpha value is -4.66. The molecule has 33 heavy (non-hydrogen) atoms. The molecule has 0 bridgehead atoms. The van der Waals surface area contributed by atoms with E-state index in [1.807, 2.05) is 30.3 Å². The molecule has 0 aliphatic carbocycles. The summed E-state index contributed by atoms with van der Waals surface area (Å²) in [5, 5.41) is 30.2. The molecule has 2 aliphatic rings. The van der Waals surface area contributed by atoms with Crippen molar-refractivity contribution in [3.05, 3.63) is 79.1 Å². The lowest BCUT2D eigenvalue weighted by Crippen LogP contribution is -2.58. The Kier molecular flexibility index (Phi) is 3.50. The number of para-hydroxylation sites is 4. The lowest BCUT2D eigenvalue weighted by molar-refractivity contribution is 0.463. The molecule has 0 amide bonds. The van der Waals surface area contributed by atoms with E-state index >= 15 is 0 Å². The zero-order valence-electron chi connectivity index (χ0n) is 17.1. The summed E-state index contributed by atoms with van der Waals surface area (Å²) in [6.45, 7) is -0.331. The van der Waals surface area contributed by atoms with Gasteiger partial charge in [0, 0.05) is 5.46 Å². The number of aromatic nitrogens is 4. The standard InChI is InChI=1S/C24H15BN4O4/c30-16-8-3-1-6-14(16)28-12-20-23(26-28)25-22-18(32-20)10-5-11-19(22)33-21-13-29(27-24(21)25)15-7-2-4-9-17(15)31/h1-13,30-31H. The maximum atomic E-state index is 10.3. The Labute approximate surface area is 188 Å². The predicted octanol–water partition coefficient (Wildman–Crippen LogP) is 2.20. The molecule has 7 rings (SSSR count). The molecule has 158 valence electrons. The molecule has 0 saturated carbocycles. The summed E-state index contributed by atoms with van der Waals surface area (Å²) >= 11 is 0. The van der Waals surface area contributed by atoms with Gasteiger partial charge in [0.15, 0.2) is 11.5 Å². The van der Waals surface area contributed by atoms with E-state index in [9.17, 15) is 10.2 Å². The fourth-order valence-corrected chi connectivity index (χ4v) is 4.49. The number of phenols is 2. The monoisotopic (exact) mass is 434 g/mol. The van der Waals surface area contributed by atoms with Crippen LogP contribution in [0.1, 0.15) is 0 Å². The second-order valence-corrected chi connectivity index (χ2v) is 7.93. The van der Waals surface area contributed by atoms with E-state index in [2.05, 4.69) is 0 Å². The molecule has 0 fully saturated rings. The van der Waals surface area contributed by atoms with Gasteiger partial charge in [0.1, 0.15) is 34.4 Å². The number of rotatable bonds is 2. The van der Waals surface area contributed by atoms with Crippen LogP contribution in [0, 0.1) is 0 Å². The number of nitrogens with zero attached hydrogens (tertiary/aromatic N) is 4. The summed E-state index contributed by atoms with van der Waals surface area (Å²) in [7, 11) is 0. The van der Waals surface area contributed by atoms with E-state index in [0.29, 0.717) is 45.6 Å². The molecule has 0 atom stereocenters. The summed E-state index contributed by atoms with van der Waals surface area (Å²) in [4.78, 5) is 0. The zero-order chi connectivity index (χ0) is 22.1. The molecule has 0 radical (unpaired) electrons. The molecule has 8 nitrogen and oxygen atoms in total. The molecule has 0 saturated heterocycles. The average Bonchev–Trinajstić information content (AvgIpc) is 3.43. The topological polar surface area (TPSA) is 94.6 Å². The summed E-state index contributed by atoms with van der Waals surface area (Å²) in [6, 6.07) is 19.7. The van der Waals surface area contributed by atoms with Crippen LogP contribution in [0.2, 0.25) is 0 Å². The molecule has 0 spiro atoms. The van der Waals surface area contributed by atoms with Crippen LogP contribution in [0.25, 0.3) is 11.4 Å². The van der Waals surface area contributed by atoms with Gasteiger partial charge in [-0.05, 0) is 36.4 Å². The second kappa shape index (κ2) is 6.43. The molecule has 2 aromatic heterocycles. The molecule has 2 aliphatic heterocycles. The first-order chi connectivity index (χ1) is 16.2. The number of fused-ring (bicyclic) bond motifs is 4. The highest BCUT2D eigenvalue weighted by Crippen LogP contribution is 2.35. The van der Waals surface area contributed by atoms with Gasteiger partial charge < -0.3 is 19.7 Å². The van der Waals surface area contributed by atoms with Crippen LogP contribution in [-0.2, 0) is 0 Å². The molecule has 4 heterocycles. The van der Waals surface area contributed by atoms with Crippen LogP contribution in [0.15, 0.2) is 79.1 Å². The van der Waals surface area contributed by atoms with Gasteiger partial charge in [-0.2, -0.15) is 10.2 Å². The van der Waals surface area contributed by atoms with Crippen LogP contribution < -0.4 is 26.1 Å². The van der Waals surface area contributed by atoms with Crippen LogP contribution in [-0.4, -0.2) is 36.5 Å². The van der Waals surface area contributed by atoms with Gasteiger partial charge in [0.2, 0.25) is 0 Å². The first-order valence-corrected chi connectivity index (χ1v) is 10.4. The van der Waals surface area contributed by atoms with Crippen molar-refractivity contribution in [2.24, 2.45) is 0 Å². The van der Waals surface area contributed by atoms with E-state index in [1.54, 1.807) is 58.2 Å². The Bertz CT molecular complexity index is 1460. The number of benzene rings is 3. The Balaban J connectivity index is 1.44. The van der Waals surface area contributed by atoms with Gasteiger partial charge in [0.05, 0.1) is 23.6 Å². The van der Waals surface area contributed by atoms with Crippen molar-refractivity contribution in [3.8, 4) is 45.9 Å². The van der Waals surface area contributed by atoms with Gasteiger partial charge >= 0.3 is 6.71 Å². The SMILES string of the molecule is Oc1ccccc1-n1cc2c(n1)B1c3nn(-c4ccccc4O)cc3Oc3cccc(c31)O2. The zero-order valence-corrected chi connectivity index (χ0v) is 17.1. The number of ether oxygens (including phenoxy) is 2. The normalized spacial score (nSPS) is 12.9. The van der Waals surface area contributed by atoms with Crippen molar-refractivity contribution in [1.29, 1.82) is 0 Å². The van der Waals surface area contributed by atoms with E-state index in [4.69, 9.17) is 19.7 Å². The molecular weight excluding hydrogens is 419 g/mol. The lowest BCUT2D eigenvalue weighted by atomic mass is 9.38. The highest BCUT2D eigenvalue weighted by Gasteiger charge is 2.44. The van der Waals surface area contributed by atoms with E-state index in [-0.39, 0.29) is 18.2 Å². The minimum Gasteiger partial charge on any atom is -0.506 e. The van der Waals surface area contributed by atoms with Crippen molar-refractivity contribution in [2.75, 3.05) is 0 Å². The van der Waals surface area contributed by atoms with Crippen molar-refractivity contribution in [1.82, 2.24) is 19.6 Å². The van der Waals surface area contributed by atoms with Crippen LogP contribution in [0.4, 0.5) is 0 Å². The Morgan fingerprint density at radius 1 is 0.606 bits per heavy atom. The minimum absolute atomic E-state index is 0.118. The fraction of sp³-hybridized carbons (Fsp3) is 0. The Morgan fingerprint density at radius 3 is 1.58 bits per heavy atom. The minimum atomic E-state index is -0.331. The molecule has 3 aromatic carbocycles. The molecular formula is C24H15BN4O4. The summed E-state index contributed by atoms with van der Waals surface area (Å²) in [5.41, 5.74) is 3.29. The van der Waals surface area contributed by atoms with Gasteiger partial charge in [-0.1, -0.05) is 30.3 Å². The van der Waals surface area contributed by atoms with Crippen molar-refractivity contribution < 1.29 is 19.7 Å². The maximum absolute atomic E-state index is 10.3. The number of hydrogen-bond acceptors (Lipinski definition) is 6. The van der Waals surface area contributed by atoms with Crippen molar-refractivity contribution in [3.63, 3.8) is 0 Å². The van der Waals surface area contributed by atoms with Gasteiger partial charge in [-0.3, -0.25) is 0 Å². The van der Waals surface area contributed by atoms with Gasteiger partial charge in [0.25, 0.3) is 0 Å². The molecule has 2 N–H and O–H groups in total. The number of aromatic hydroxyl groups is 2. The maximum Gasteiger partial charge on any atom is 0.312 e. The van der Waals surface area contributed by atoms with E-state index in [0.717, 1.165) is 5.46 Å². The van der Waals surface area contributed by atoms with Crippen molar-refractivity contribution >= 4 is 23.4 Å². The third-order valence-corrected chi connectivity index (χ3v) is 5.97. The summed E-state index contributed by atoms with van der Waals surface area (Å²) in [5.74, 6) is 2.74. The summed E-state index contributed by atoms with van der Waals surface area (Å²) < 4.78 is 15.6. The van der Waals surface area contributed by atoms with E-state index in [1.165, 1.54) is 0 Å². The number of hydrogen-bond donors (Lipinski definition) is 2. The third kappa shape index (κ3) is 2.53. The quantitative estimate of drug-likeness (QED) is 0.406.